The summed E-state index contributed by atoms with van der Waals surface area (Å²) in [5.41, 5.74) is 1.51. The van der Waals surface area contributed by atoms with Gasteiger partial charge in [-0.3, -0.25) is 14.8 Å². The standard InChI is InChI=1S/C22H14N3O2S.C2H4O2.Pd/c26-28(27,19-10-2-6-16-7-3-13-23-21(16)19)25-18-9-1-5-15-11-12-17-8-4-14-24-22(17)20(15)18;1-2(3)4;/h1-14H;1H3,(H,3,4);/q-1;;. The maximum absolute atomic E-state index is 13.2. The second kappa shape index (κ2) is 10.0. The second-order valence-corrected chi connectivity index (χ2v) is 8.51. The molecule has 2 heterocycles. The van der Waals surface area contributed by atoms with Crippen LogP contribution in [0.1, 0.15) is 6.92 Å². The van der Waals surface area contributed by atoms with Crippen molar-refractivity contribution in [2.75, 3.05) is 0 Å². The second-order valence-electron chi connectivity index (χ2n) is 6.93. The SMILES string of the molecule is CC(=O)O.O=S(=O)([N-]c1cccc2ccc3cccnc3c12)c1cccc2cccnc12.[Pd]. The number of aromatic nitrogens is 2. The molecule has 0 unspecified atom stereocenters. The number of carbonyl (C=O) groups is 1. The zero-order valence-electron chi connectivity index (χ0n) is 17.3. The van der Waals surface area contributed by atoms with Crippen LogP contribution in [0.4, 0.5) is 5.69 Å². The third-order valence-electron chi connectivity index (χ3n) is 4.69. The zero-order chi connectivity index (χ0) is 22.7. The minimum Gasteiger partial charge on any atom is -0.572 e. The first kappa shape index (κ1) is 24.3. The van der Waals surface area contributed by atoms with Crippen molar-refractivity contribution in [2.45, 2.75) is 11.8 Å². The number of benzene rings is 3. The van der Waals surface area contributed by atoms with E-state index in [2.05, 4.69) is 14.7 Å². The zero-order valence-corrected chi connectivity index (χ0v) is 19.7. The van der Waals surface area contributed by atoms with Crippen LogP contribution in [-0.4, -0.2) is 29.5 Å². The molecule has 7 nitrogen and oxygen atoms in total. The van der Waals surface area contributed by atoms with Gasteiger partial charge in [0.05, 0.1) is 15.9 Å². The Hall–Kier alpha value is -3.38. The van der Waals surface area contributed by atoms with Crippen LogP contribution < -0.4 is 0 Å². The number of rotatable bonds is 3. The summed E-state index contributed by atoms with van der Waals surface area (Å²) >= 11 is 0. The minimum atomic E-state index is -3.97. The molecule has 0 aliphatic rings. The number of para-hydroxylation sites is 1. The van der Waals surface area contributed by atoms with Crippen LogP contribution >= 0.6 is 0 Å². The molecular formula is C24H18N3O4PdS-. The Morgan fingerprint density at radius 1 is 0.788 bits per heavy atom. The fourth-order valence-electron chi connectivity index (χ4n) is 3.43. The van der Waals surface area contributed by atoms with Gasteiger partial charge in [0.2, 0.25) is 0 Å². The molecule has 33 heavy (non-hydrogen) atoms. The molecule has 0 saturated heterocycles. The Morgan fingerprint density at radius 2 is 1.30 bits per heavy atom. The Kier molecular flexibility index (Phi) is 7.39. The van der Waals surface area contributed by atoms with Crippen LogP contribution in [0.25, 0.3) is 37.3 Å². The summed E-state index contributed by atoms with van der Waals surface area (Å²) in [7, 11) is -3.97. The average molecular weight is 551 g/mol. The number of hydrogen-bond donors (Lipinski definition) is 1. The van der Waals surface area contributed by atoms with Gasteiger partial charge >= 0.3 is 0 Å². The number of carboxylic acid groups (broad SMARTS) is 1. The van der Waals surface area contributed by atoms with Crippen molar-refractivity contribution >= 4 is 54.3 Å². The van der Waals surface area contributed by atoms with Crippen molar-refractivity contribution in [3.8, 4) is 0 Å². The van der Waals surface area contributed by atoms with Gasteiger partial charge in [-0.1, -0.05) is 54.6 Å². The summed E-state index contributed by atoms with van der Waals surface area (Å²) in [6.45, 7) is 1.08. The molecule has 3 aromatic carbocycles. The van der Waals surface area contributed by atoms with Crippen molar-refractivity contribution < 1.29 is 38.7 Å². The predicted octanol–water partition coefficient (Wildman–Crippen LogP) is 5.42. The van der Waals surface area contributed by atoms with E-state index in [0.29, 0.717) is 11.2 Å². The Balaban J connectivity index is 0.000000569. The van der Waals surface area contributed by atoms with Crippen molar-refractivity contribution in [1.29, 1.82) is 0 Å². The van der Waals surface area contributed by atoms with Gasteiger partial charge in [-0.25, -0.2) is 8.42 Å². The smallest absolute Gasteiger partial charge is 0.300 e. The van der Waals surface area contributed by atoms with E-state index in [-0.39, 0.29) is 25.3 Å². The minimum absolute atomic E-state index is 0. The maximum Gasteiger partial charge on any atom is 0.300 e. The van der Waals surface area contributed by atoms with Crippen LogP contribution in [0.15, 0.2) is 90.1 Å². The molecule has 0 aliphatic carbocycles. The van der Waals surface area contributed by atoms with Crippen molar-refractivity contribution in [3.05, 3.63) is 89.9 Å². The number of carboxylic acids is 1. The third kappa shape index (κ3) is 5.17. The first-order valence-corrected chi connectivity index (χ1v) is 11.1. The fourth-order valence-corrected chi connectivity index (χ4v) is 4.61. The van der Waals surface area contributed by atoms with Gasteiger partial charge in [-0.15, -0.1) is 5.69 Å². The summed E-state index contributed by atoms with van der Waals surface area (Å²) < 4.78 is 30.5. The molecule has 0 aliphatic heterocycles. The van der Waals surface area contributed by atoms with E-state index in [1.807, 2.05) is 42.5 Å². The number of fused-ring (bicyclic) bond motifs is 4. The van der Waals surface area contributed by atoms with Gasteiger partial charge in [-0.05, 0) is 29.0 Å². The summed E-state index contributed by atoms with van der Waals surface area (Å²) in [5, 5.41) is 10.7. The quantitative estimate of drug-likeness (QED) is 0.237. The molecule has 5 rings (SSSR count). The summed E-state index contributed by atoms with van der Waals surface area (Å²) in [6.07, 6.45) is 3.28. The monoisotopic (exact) mass is 550 g/mol. The molecule has 0 amide bonds. The van der Waals surface area contributed by atoms with E-state index in [1.54, 1.807) is 36.7 Å². The molecule has 0 fully saturated rings. The molecular weight excluding hydrogens is 533 g/mol. The molecule has 1 N–H and O–H groups in total. The topological polar surface area (TPSA) is 111 Å². The third-order valence-corrected chi connectivity index (χ3v) is 6.01. The summed E-state index contributed by atoms with van der Waals surface area (Å²) in [5.74, 6) is -0.833. The predicted molar refractivity (Wildman–Crippen MR) is 125 cm³/mol. The van der Waals surface area contributed by atoms with Gasteiger partial charge < -0.3 is 9.83 Å². The number of nitrogens with zero attached hydrogens (tertiary/aromatic N) is 3. The van der Waals surface area contributed by atoms with E-state index >= 15 is 0 Å². The molecule has 0 saturated carbocycles. The molecule has 0 bridgehead atoms. The first-order chi connectivity index (χ1) is 15.4. The van der Waals surface area contributed by atoms with Crippen LogP contribution in [0.3, 0.4) is 0 Å². The molecule has 5 aromatic rings. The number of aliphatic carboxylic acids is 1. The van der Waals surface area contributed by atoms with Crippen LogP contribution in [-0.2, 0) is 35.2 Å². The van der Waals surface area contributed by atoms with E-state index in [0.717, 1.165) is 34.0 Å². The molecule has 170 valence electrons. The molecule has 2 aromatic heterocycles. The van der Waals surface area contributed by atoms with Gasteiger partial charge in [0.15, 0.2) is 0 Å². The number of pyridine rings is 2. The normalized spacial score (nSPS) is 10.8. The van der Waals surface area contributed by atoms with Crippen LogP contribution in [0.2, 0.25) is 0 Å². The average Bonchev–Trinajstić information content (AvgIpc) is 2.78. The Bertz CT molecular complexity index is 1560. The molecule has 9 heteroatoms. The fraction of sp³-hybridized carbons (Fsp3) is 0.0417. The first-order valence-electron chi connectivity index (χ1n) is 9.64. The summed E-state index contributed by atoms with van der Waals surface area (Å²) in [6, 6.07) is 21.8. The van der Waals surface area contributed by atoms with E-state index in [9.17, 15) is 8.42 Å². The Labute approximate surface area is 204 Å². The van der Waals surface area contributed by atoms with Gasteiger partial charge in [0.1, 0.15) is 10.0 Å². The molecule has 0 atom stereocenters. The number of hydrogen-bond acceptors (Lipinski definition) is 5. The largest absolute Gasteiger partial charge is 0.572 e. The molecule has 0 radical (unpaired) electrons. The van der Waals surface area contributed by atoms with Crippen molar-refractivity contribution in [1.82, 2.24) is 9.97 Å². The van der Waals surface area contributed by atoms with Gasteiger partial charge in [0, 0.05) is 50.5 Å². The van der Waals surface area contributed by atoms with Crippen molar-refractivity contribution in [3.63, 3.8) is 0 Å². The summed E-state index contributed by atoms with van der Waals surface area (Å²) in [4.78, 5) is 17.8. The maximum atomic E-state index is 13.2. The molecule has 0 spiro atoms. The van der Waals surface area contributed by atoms with E-state index in [1.165, 1.54) is 6.07 Å². The van der Waals surface area contributed by atoms with Crippen LogP contribution in [0.5, 0.6) is 0 Å². The van der Waals surface area contributed by atoms with Gasteiger partial charge in [-0.2, -0.15) is 0 Å². The van der Waals surface area contributed by atoms with E-state index < -0.39 is 16.0 Å². The Morgan fingerprint density at radius 3 is 2.00 bits per heavy atom. The van der Waals surface area contributed by atoms with Crippen molar-refractivity contribution in [2.24, 2.45) is 0 Å². The number of sulfonamides is 1. The van der Waals surface area contributed by atoms with E-state index in [4.69, 9.17) is 9.90 Å². The van der Waals surface area contributed by atoms with Crippen LogP contribution in [0, 0.1) is 0 Å². The van der Waals surface area contributed by atoms with Gasteiger partial charge in [0.25, 0.3) is 5.97 Å².